The molecule has 1 unspecified atom stereocenters. The van der Waals surface area contributed by atoms with Crippen LogP contribution in [0.3, 0.4) is 0 Å². The highest BCUT2D eigenvalue weighted by atomic mass is 16.5. The molecule has 0 aliphatic carbocycles. The van der Waals surface area contributed by atoms with E-state index in [9.17, 15) is 9.59 Å². The summed E-state index contributed by atoms with van der Waals surface area (Å²) in [7, 11) is 1.27. The van der Waals surface area contributed by atoms with E-state index in [2.05, 4.69) is 11.3 Å². The van der Waals surface area contributed by atoms with Gasteiger partial charge in [0.25, 0.3) is 0 Å². The molecule has 0 rings (SSSR count). The van der Waals surface area contributed by atoms with Gasteiger partial charge in [-0.05, 0) is 6.92 Å². The highest BCUT2D eigenvalue weighted by molar-refractivity contribution is 5.71. The van der Waals surface area contributed by atoms with Gasteiger partial charge in [-0.15, -0.1) is 6.58 Å². The predicted molar refractivity (Wildman–Crippen MR) is 44.8 cm³/mol. The Balaban J connectivity index is 4.29. The van der Waals surface area contributed by atoms with E-state index in [1.54, 1.807) is 13.0 Å². The lowest BCUT2D eigenvalue weighted by Gasteiger charge is -2.22. The van der Waals surface area contributed by atoms with Crippen molar-refractivity contribution in [2.24, 2.45) is 0 Å². The smallest absolute Gasteiger partial charge is 0.410 e. The zero-order chi connectivity index (χ0) is 9.56. The van der Waals surface area contributed by atoms with Crippen molar-refractivity contribution < 1.29 is 14.3 Å². The third-order valence-corrected chi connectivity index (χ3v) is 1.51. The lowest BCUT2D eigenvalue weighted by molar-refractivity contribution is -0.108. The Hall–Kier alpha value is -1.32. The number of hydrogen-bond donors (Lipinski definition) is 0. The Bertz CT molecular complexity index is 179. The van der Waals surface area contributed by atoms with Gasteiger partial charge in [0.15, 0.2) is 0 Å². The van der Waals surface area contributed by atoms with E-state index in [0.717, 1.165) is 0 Å². The second kappa shape index (κ2) is 5.35. The number of carbonyl (C=O) groups is 2. The predicted octanol–water partition coefficient (Wildman–Crippen LogP) is 0.828. The van der Waals surface area contributed by atoms with E-state index >= 15 is 0 Å². The van der Waals surface area contributed by atoms with Crippen LogP contribution in [0, 0.1) is 0 Å². The summed E-state index contributed by atoms with van der Waals surface area (Å²) in [6.07, 6.45) is 1.70. The fourth-order valence-corrected chi connectivity index (χ4v) is 0.732. The molecule has 4 nitrogen and oxygen atoms in total. The van der Waals surface area contributed by atoms with Gasteiger partial charge >= 0.3 is 6.09 Å². The molecule has 0 bridgehead atoms. The van der Waals surface area contributed by atoms with Crippen molar-refractivity contribution in [2.75, 3.05) is 13.7 Å². The maximum absolute atomic E-state index is 11.0. The minimum Gasteiger partial charge on any atom is -0.453 e. The second-order valence-electron chi connectivity index (χ2n) is 2.27. The van der Waals surface area contributed by atoms with E-state index in [1.807, 2.05) is 0 Å². The van der Waals surface area contributed by atoms with Crippen LogP contribution in [0.15, 0.2) is 12.7 Å². The molecule has 1 atom stereocenters. The highest BCUT2D eigenvalue weighted by Crippen LogP contribution is 2.00. The average Bonchev–Trinajstić information content (AvgIpc) is 2.11. The fraction of sp³-hybridized carbons (Fsp3) is 0.500. The van der Waals surface area contributed by atoms with Gasteiger partial charge in [-0.25, -0.2) is 4.79 Å². The van der Waals surface area contributed by atoms with Crippen molar-refractivity contribution in [3.8, 4) is 0 Å². The number of ether oxygens (including phenoxy) is 1. The molecule has 0 spiro atoms. The Morgan fingerprint density at radius 2 is 2.33 bits per heavy atom. The quantitative estimate of drug-likeness (QED) is 0.465. The van der Waals surface area contributed by atoms with Crippen LogP contribution < -0.4 is 0 Å². The maximum atomic E-state index is 11.0. The minimum absolute atomic E-state index is 0.0276. The van der Waals surface area contributed by atoms with Gasteiger partial charge < -0.3 is 9.53 Å². The van der Waals surface area contributed by atoms with Crippen molar-refractivity contribution in [1.82, 2.24) is 4.90 Å². The molecule has 0 radical (unpaired) electrons. The van der Waals surface area contributed by atoms with Gasteiger partial charge in [-0.2, -0.15) is 0 Å². The van der Waals surface area contributed by atoms with E-state index < -0.39 is 6.09 Å². The summed E-state index contributed by atoms with van der Waals surface area (Å²) < 4.78 is 4.47. The Morgan fingerprint density at radius 3 is 2.67 bits per heavy atom. The van der Waals surface area contributed by atoms with Gasteiger partial charge in [0.1, 0.15) is 6.29 Å². The van der Waals surface area contributed by atoms with Gasteiger partial charge in [0.05, 0.1) is 19.7 Å². The average molecular weight is 171 g/mol. The summed E-state index contributed by atoms with van der Waals surface area (Å²) in [5, 5.41) is 0. The molecule has 0 aliphatic heterocycles. The summed E-state index contributed by atoms with van der Waals surface area (Å²) in [4.78, 5) is 22.4. The normalized spacial score (nSPS) is 11.5. The Kier molecular flexibility index (Phi) is 4.76. The minimum atomic E-state index is -0.519. The molecular formula is C8H13NO3. The number of rotatable bonds is 4. The van der Waals surface area contributed by atoms with Gasteiger partial charge in [0, 0.05) is 0 Å². The standard InChI is InChI=1S/C8H13NO3/c1-4-7(2)9(5-6-10)8(11)12-3/h4,6-7H,1,5H2,2-3H3. The fourth-order valence-electron chi connectivity index (χ4n) is 0.732. The molecule has 0 aromatic carbocycles. The zero-order valence-electron chi connectivity index (χ0n) is 7.32. The maximum Gasteiger partial charge on any atom is 0.410 e. The number of nitrogens with zero attached hydrogens (tertiary/aromatic N) is 1. The molecule has 0 heterocycles. The third kappa shape index (κ3) is 2.74. The zero-order valence-corrected chi connectivity index (χ0v) is 7.32. The molecule has 4 heteroatoms. The van der Waals surface area contributed by atoms with Crippen molar-refractivity contribution >= 4 is 12.4 Å². The molecule has 0 N–H and O–H groups in total. The third-order valence-electron chi connectivity index (χ3n) is 1.51. The number of amides is 1. The lowest BCUT2D eigenvalue weighted by Crippen LogP contribution is -2.38. The van der Waals surface area contributed by atoms with Crippen LogP contribution in [0.5, 0.6) is 0 Å². The molecular weight excluding hydrogens is 158 g/mol. The SMILES string of the molecule is C=CC(C)N(CC=O)C(=O)OC. The van der Waals surface area contributed by atoms with Crippen LogP contribution in [0.1, 0.15) is 6.92 Å². The molecule has 1 amide bonds. The molecule has 0 saturated heterocycles. The number of aldehydes is 1. The van der Waals surface area contributed by atoms with Crippen LogP contribution >= 0.6 is 0 Å². The van der Waals surface area contributed by atoms with Crippen LogP contribution in [0.2, 0.25) is 0 Å². The summed E-state index contributed by atoms with van der Waals surface area (Å²) in [5.74, 6) is 0. The summed E-state index contributed by atoms with van der Waals surface area (Å²) in [6.45, 7) is 5.30. The molecule has 12 heavy (non-hydrogen) atoms. The van der Waals surface area contributed by atoms with Crippen LogP contribution in [-0.4, -0.2) is 37.0 Å². The van der Waals surface area contributed by atoms with Crippen LogP contribution in [-0.2, 0) is 9.53 Å². The topological polar surface area (TPSA) is 46.6 Å². The van der Waals surface area contributed by atoms with Gasteiger partial charge in [-0.3, -0.25) is 4.90 Å². The molecule has 0 aromatic heterocycles. The van der Waals surface area contributed by atoms with Crippen LogP contribution in [0.4, 0.5) is 4.79 Å². The van der Waals surface area contributed by atoms with Crippen molar-refractivity contribution in [1.29, 1.82) is 0 Å². The van der Waals surface area contributed by atoms with Crippen molar-refractivity contribution in [2.45, 2.75) is 13.0 Å². The van der Waals surface area contributed by atoms with Gasteiger partial charge in [0.2, 0.25) is 0 Å². The van der Waals surface area contributed by atoms with E-state index in [1.165, 1.54) is 12.0 Å². The molecule has 0 aromatic rings. The second-order valence-corrected chi connectivity index (χ2v) is 2.27. The Morgan fingerprint density at radius 1 is 1.75 bits per heavy atom. The first-order valence-corrected chi connectivity index (χ1v) is 3.58. The lowest BCUT2D eigenvalue weighted by atomic mass is 10.3. The monoisotopic (exact) mass is 171 g/mol. The number of carbonyl (C=O) groups excluding carboxylic acids is 2. The molecule has 0 saturated carbocycles. The Labute approximate surface area is 71.8 Å². The molecule has 68 valence electrons. The van der Waals surface area contributed by atoms with Crippen molar-refractivity contribution in [3.05, 3.63) is 12.7 Å². The molecule has 0 fully saturated rings. The highest BCUT2D eigenvalue weighted by Gasteiger charge is 2.16. The van der Waals surface area contributed by atoms with Gasteiger partial charge in [-0.1, -0.05) is 6.08 Å². The summed E-state index contributed by atoms with van der Waals surface area (Å²) in [5.41, 5.74) is 0. The van der Waals surface area contributed by atoms with Crippen molar-refractivity contribution in [3.63, 3.8) is 0 Å². The van der Waals surface area contributed by atoms with E-state index in [-0.39, 0.29) is 12.6 Å². The summed E-state index contributed by atoms with van der Waals surface area (Å²) in [6, 6.07) is -0.192. The van der Waals surface area contributed by atoms with E-state index in [0.29, 0.717) is 6.29 Å². The summed E-state index contributed by atoms with van der Waals surface area (Å²) >= 11 is 0. The first-order valence-electron chi connectivity index (χ1n) is 3.58. The molecule has 0 aliphatic rings. The first-order chi connectivity index (χ1) is 5.67. The number of methoxy groups -OCH3 is 1. The largest absolute Gasteiger partial charge is 0.453 e. The van der Waals surface area contributed by atoms with E-state index in [4.69, 9.17) is 0 Å². The first kappa shape index (κ1) is 10.7. The van der Waals surface area contributed by atoms with Crippen LogP contribution in [0.25, 0.3) is 0 Å². The number of hydrogen-bond acceptors (Lipinski definition) is 3.